The van der Waals surface area contributed by atoms with Crippen LogP contribution in [0.5, 0.6) is 0 Å². The smallest absolute Gasteiger partial charge is 0.411 e. The number of hydrogen-bond acceptors (Lipinski definition) is 8. The fourth-order valence-electron chi connectivity index (χ4n) is 2.03. The van der Waals surface area contributed by atoms with E-state index in [-0.39, 0.29) is 5.69 Å². The molecule has 11 nitrogen and oxygen atoms in total. The first-order valence-electron chi connectivity index (χ1n) is 6.22. The van der Waals surface area contributed by atoms with Crippen LogP contribution in [0.2, 0.25) is 0 Å². The highest BCUT2D eigenvalue weighted by molar-refractivity contribution is 5.83. The summed E-state index contributed by atoms with van der Waals surface area (Å²) in [4.78, 5) is 36.5. The molecule has 2 heterocycles. The summed E-state index contributed by atoms with van der Waals surface area (Å²) in [5.74, 6) is 0. The molecule has 1 amide bonds. The number of aromatic nitrogens is 2. The number of amides is 1. The van der Waals surface area contributed by atoms with E-state index in [1.54, 1.807) is 0 Å². The number of aliphatic hydroxyl groups is 3. The summed E-state index contributed by atoms with van der Waals surface area (Å²) in [7, 11) is 1.09. The van der Waals surface area contributed by atoms with Crippen LogP contribution >= 0.6 is 0 Å². The van der Waals surface area contributed by atoms with Crippen LogP contribution in [-0.4, -0.2) is 63.0 Å². The average molecular weight is 317 g/mol. The Balaban J connectivity index is 2.39. The highest BCUT2D eigenvalue weighted by atomic mass is 16.6. The van der Waals surface area contributed by atoms with Crippen LogP contribution in [0.1, 0.15) is 6.23 Å². The number of H-pyrrole nitrogens is 1. The lowest BCUT2D eigenvalue weighted by Gasteiger charge is -2.17. The van der Waals surface area contributed by atoms with Crippen molar-refractivity contribution in [2.75, 3.05) is 19.0 Å². The fraction of sp³-hybridized carbons (Fsp3) is 0.545. The van der Waals surface area contributed by atoms with E-state index in [0.717, 1.165) is 17.9 Å². The van der Waals surface area contributed by atoms with Crippen molar-refractivity contribution in [1.29, 1.82) is 0 Å². The number of anilines is 1. The molecule has 0 bridgehead atoms. The standard InChI is InChI=1S/C11H15N3O8/c1-21-11(20)12-4-2-14(10(19)13-8(4)18)9-7(17)6(16)5(3-15)22-9/h2,5-7,9,15-17H,3H2,1H3,(H,12,20)(H,13,18,19)/t5-,6-,7-,9-/m1/s1. The zero-order valence-corrected chi connectivity index (χ0v) is 11.4. The second kappa shape index (κ2) is 6.27. The fourth-order valence-corrected chi connectivity index (χ4v) is 2.03. The number of rotatable bonds is 3. The Hall–Kier alpha value is -2.21. The van der Waals surface area contributed by atoms with Gasteiger partial charge in [0.15, 0.2) is 6.23 Å². The second-order valence-corrected chi connectivity index (χ2v) is 4.55. The predicted octanol–water partition coefficient (Wildman–Crippen LogP) is -2.67. The van der Waals surface area contributed by atoms with E-state index in [2.05, 4.69) is 10.1 Å². The van der Waals surface area contributed by atoms with Gasteiger partial charge in [-0.3, -0.25) is 19.7 Å². The minimum atomic E-state index is -1.51. The first-order valence-corrected chi connectivity index (χ1v) is 6.22. The van der Waals surface area contributed by atoms with Gasteiger partial charge in [-0.2, -0.15) is 0 Å². The quantitative estimate of drug-likeness (QED) is 0.403. The predicted molar refractivity (Wildman–Crippen MR) is 70.4 cm³/mol. The van der Waals surface area contributed by atoms with E-state index in [1.165, 1.54) is 0 Å². The molecule has 1 aliphatic heterocycles. The minimum Gasteiger partial charge on any atom is -0.453 e. The molecule has 5 N–H and O–H groups in total. The number of ether oxygens (including phenoxy) is 2. The molecule has 1 aromatic heterocycles. The van der Waals surface area contributed by atoms with Gasteiger partial charge in [0, 0.05) is 6.20 Å². The number of nitrogens with zero attached hydrogens (tertiary/aromatic N) is 1. The van der Waals surface area contributed by atoms with Gasteiger partial charge in [-0.25, -0.2) is 9.59 Å². The maximum Gasteiger partial charge on any atom is 0.411 e. The summed E-state index contributed by atoms with van der Waals surface area (Å²) < 4.78 is 10.3. The van der Waals surface area contributed by atoms with Crippen LogP contribution in [0.3, 0.4) is 0 Å². The largest absolute Gasteiger partial charge is 0.453 e. The molecular weight excluding hydrogens is 302 g/mol. The number of nitrogens with one attached hydrogen (secondary N) is 2. The van der Waals surface area contributed by atoms with Crippen LogP contribution < -0.4 is 16.6 Å². The molecule has 0 unspecified atom stereocenters. The van der Waals surface area contributed by atoms with Crippen LogP contribution in [0.4, 0.5) is 10.5 Å². The van der Waals surface area contributed by atoms with E-state index in [0.29, 0.717) is 0 Å². The zero-order chi connectivity index (χ0) is 16.4. The third kappa shape index (κ3) is 2.87. The third-order valence-corrected chi connectivity index (χ3v) is 3.18. The topological polar surface area (TPSA) is 163 Å². The third-order valence-electron chi connectivity index (χ3n) is 3.18. The molecule has 22 heavy (non-hydrogen) atoms. The molecule has 0 aliphatic carbocycles. The van der Waals surface area contributed by atoms with E-state index >= 15 is 0 Å². The normalized spacial score (nSPS) is 27.6. The van der Waals surface area contributed by atoms with Crippen molar-refractivity contribution < 1.29 is 29.6 Å². The number of methoxy groups -OCH3 is 1. The lowest BCUT2D eigenvalue weighted by Crippen LogP contribution is -2.38. The van der Waals surface area contributed by atoms with Crippen molar-refractivity contribution in [2.24, 2.45) is 0 Å². The monoisotopic (exact) mass is 317 g/mol. The summed E-state index contributed by atoms with van der Waals surface area (Å²) in [6, 6.07) is 0. The molecule has 0 spiro atoms. The highest BCUT2D eigenvalue weighted by Crippen LogP contribution is 2.28. The van der Waals surface area contributed by atoms with E-state index < -0.39 is 48.5 Å². The zero-order valence-electron chi connectivity index (χ0n) is 11.4. The first kappa shape index (κ1) is 16.2. The molecule has 1 aliphatic rings. The van der Waals surface area contributed by atoms with Gasteiger partial charge >= 0.3 is 11.8 Å². The Morgan fingerprint density at radius 1 is 1.45 bits per heavy atom. The summed E-state index contributed by atoms with van der Waals surface area (Å²) in [6.45, 7) is -0.569. The SMILES string of the molecule is COC(=O)Nc1cn([C@@H]2O[C@H](CO)[C@@H](O)[C@H]2O)c(=O)[nH]c1=O. The van der Waals surface area contributed by atoms with Gasteiger partial charge in [-0.05, 0) is 0 Å². The molecular formula is C11H15N3O8. The summed E-state index contributed by atoms with van der Waals surface area (Å²) >= 11 is 0. The Morgan fingerprint density at radius 2 is 2.14 bits per heavy atom. The minimum absolute atomic E-state index is 0.316. The number of carbonyl (C=O) groups excluding carboxylic acids is 1. The Morgan fingerprint density at radius 3 is 2.68 bits per heavy atom. The van der Waals surface area contributed by atoms with Crippen LogP contribution in [0.15, 0.2) is 15.8 Å². The van der Waals surface area contributed by atoms with Crippen LogP contribution in [0.25, 0.3) is 0 Å². The van der Waals surface area contributed by atoms with Crippen molar-refractivity contribution in [3.8, 4) is 0 Å². The van der Waals surface area contributed by atoms with Crippen LogP contribution in [-0.2, 0) is 9.47 Å². The van der Waals surface area contributed by atoms with Gasteiger partial charge in [-0.1, -0.05) is 0 Å². The number of hydrogen-bond donors (Lipinski definition) is 5. The Kier molecular flexibility index (Phi) is 4.61. The number of carbonyl (C=O) groups is 1. The Labute approximate surface area is 122 Å². The molecule has 2 rings (SSSR count). The van der Waals surface area contributed by atoms with Crippen molar-refractivity contribution in [2.45, 2.75) is 24.5 Å². The maximum atomic E-state index is 11.8. The van der Waals surface area contributed by atoms with Gasteiger partial charge < -0.3 is 24.8 Å². The first-order chi connectivity index (χ1) is 10.4. The molecule has 0 radical (unpaired) electrons. The summed E-state index contributed by atoms with van der Waals surface area (Å²) in [5.41, 5.74) is -2.11. The molecule has 1 saturated heterocycles. The number of aromatic amines is 1. The van der Waals surface area contributed by atoms with Gasteiger partial charge in [0.2, 0.25) is 0 Å². The Bertz CT molecular complexity index is 668. The van der Waals surface area contributed by atoms with Crippen LogP contribution in [0, 0.1) is 0 Å². The average Bonchev–Trinajstić information content (AvgIpc) is 2.77. The van der Waals surface area contributed by atoms with Crippen molar-refractivity contribution in [3.05, 3.63) is 27.0 Å². The van der Waals surface area contributed by atoms with Gasteiger partial charge in [0.1, 0.15) is 24.0 Å². The molecule has 122 valence electrons. The van der Waals surface area contributed by atoms with Gasteiger partial charge in [-0.15, -0.1) is 0 Å². The van der Waals surface area contributed by atoms with Crippen molar-refractivity contribution in [1.82, 2.24) is 9.55 Å². The summed E-state index contributed by atoms with van der Waals surface area (Å²) in [6.07, 6.45) is -5.33. The number of aliphatic hydroxyl groups excluding tert-OH is 3. The second-order valence-electron chi connectivity index (χ2n) is 4.55. The lowest BCUT2D eigenvalue weighted by atomic mass is 10.1. The molecule has 1 fully saturated rings. The van der Waals surface area contributed by atoms with Crippen molar-refractivity contribution in [3.63, 3.8) is 0 Å². The maximum absolute atomic E-state index is 11.8. The van der Waals surface area contributed by atoms with E-state index in [4.69, 9.17) is 9.84 Å². The van der Waals surface area contributed by atoms with Gasteiger partial charge in [0.05, 0.1) is 13.7 Å². The molecule has 0 aromatic carbocycles. The van der Waals surface area contributed by atoms with E-state index in [1.807, 2.05) is 4.98 Å². The molecule has 0 saturated carbocycles. The summed E-state index contributed by atoms with van der Waals surface area (Å²) in [5, 5.41) is 30.7. The molecule has 11 heteroatoms. The highest BCUT2D eigenvalue weighted by Gasteiger charge is 2.43. The molecule has 4 atom stereocenters. The lowest BCUT2D eigenvalue weighted by molar-refractivity contribution is -0.0549. The molecule has 1 aromatic rings. The van der Waals surface area contributed by atoms with Gasteiger partial charge in [0.25, 0.3) is 5.56 Å². The van der Waals surface area contributed by atoms with Crippen molar-refractivity contribution >= 4 is 11.8 Å². The van der Waals surface area contributed by atoms with E-state index in [9.17, 15) is 24.6 Å².